The summed E-state index contributed by atoms with van der Waals surface area (Å²) >= 11 is 0. The first-order valence-electron chi connectivity index (χ1n) is 9.20. The predicted molar refractivity (Wildman–Crippen MR) is 112 cm³/mol. The van der Waals surface area contributed by atoms with Crippen LogP contribution in [0.5, 0.6) is 0 Å². The Morgan fingerprint density at radius 2 is 1.72 bits per heavy atom. The number of hydrogen-bond donors (Lipinski definition) is 1. The number of aryl methyl sites for hydroxylation is 1. The molecule has 0 saturated carbocycles. The zero-order valence-electron chi connectivity index (χ0n) is 16.5. The smallest absolute Gasteiger partial charge is 0.339 e. The van der Waals surface area contributed by atoms with Gasteiger partial charge in [-0.05, 0) is 44.2 Å². The van der Waals surface area contributed by atoms with E-state index in [2.05, 4.69) is 15.3 Å². The van der Waals surface area contributed by atoms with Crippen molar-refractivity contribution in [2.24, 2.45) is 0 Å². The fraction of sp³-hybridized carbons (Fsp3) is 0.182. The highest BCUT2D eigenvalue weighted by molar-refractivity contribution is 6.07. The molecule has 3 aromatic rings. The Morgan fingerprint density at radius 3 is 2.41 bits per heavy atom. The van der Waals surface area contributed by atoms with Crippen molar-refractivity contribution in [3.05, 3.63) is 77.6 Å². The Hall–Kier alpha value is -3.74. The van der Waals surface area contributed by atoms with Gasteiger partial charge in [-0.15, -0.1) is 0 Å². The first kappa shape index (κ1) is 20.0. The van der Waals surface area contributed by atoms with Gasteiger partial charge in [0.1, 0.15) is 5.69 Å². The minimum atomic E-state index is -0.526. The van der Waals surface area contributed by atoms with E-state index in [1.54, 1.807) is 30.3 Å². The molecule has 7 nitrogen and oxygen atoms in total. The first-order valence-corrected chi connectivity index (χ1v) is 9.20. The van der Waals surface area contributed by atoms with Crippen LogP contribution in [0.3, 0.4) is 0 Å². The largest absolute Gasteiger partial charge is 0.465 e. The van der Waals surface area contributed by atoms with E-state index in [0.717, 1.165) is 5.69 Å². The number of ether oxygens (including phenoxy) is 1. The van der Waals surface area contributed by atoms with Crippen molar-refractivity contribution in [3.63, 3.8) is 0 Å². The van der Waals surface area contributed by atoms with Crippen molar-refractivity contribution in [1.82, 2.24) is 9.97 Å². The second-order valence-corrected chi connectivity index (χ2v) is 6.27. The van der Waals surface area contributed by atoms with Gasteiger partial charge >= 0.3 is 5.97 Å². The molecule has 0 aliphatic rings. The van der Waals surface area contributed by atoms with Crippen LogP contribution in [0.25, 0.3) is 0 Å². The first-order chi connectivity index (χ1) is 14.0. The molecule has 1 amide bonds. The third-order valence-electron chi connectivity index (χ3n) is 4.28. The van der Waals surface area contributed by atoms with Gasteiger partial charge in [0.2, 0.25) is 5.95 Å². The second kappa shape index (κ2) is 8.97. The highest BCUT2D eigenvalue weighted by Gasteiger charge is 2.18. The Bertz CT molecular complexity index is 1020. The zero-order chi connectivity index (χ0) is 20.8. The van der Waals surface area contributed by atoms with Crippen LogP contribution >= 0.6 is 0 Å². The van der Waals surface area contributed by atoms with Gasteiger partial charge < -0.3 is 15.0 Å². The molecule has 0 saturated heterocycles. The number of carbonyl (C=O) groups is 2. The summed E-state index contributed by atoms with van der Waals surface area (Å²) in [6.45, 7) is 4.44. The number of hydrogen-bond acceptors (Lipinski definition) is 6. The lowest BCUT2D eigenvalue weighted by Crippen LogP contribution is -2.22. The Kier molecular flexibility index (Phi) is 6.19. The fourth-order valence-corrected chi connectivity index (χ4v) is 2.90. The molecule has 7 heteroatoms. The number of carbonyl (C=O) groups excluding carboxylic acids is 2. The van der Waals surface area contributed by atoms with Crippen LogP contribution in [0.15, 0.2) is 60.7 Å². The summed E-state index contributed by atoms with van der Waals surface area (Å²) in [6, 6.07) is 18.0. The number of aromatic nitrogens is 2. The number of esters is 1. The van der Waals surface area contributed by atoms with Crippen LogP contribution in [0.4, 0.5) is 17.3 Å². The molecular weight excluding hydrogens is 368 g/mol. The lowest BCUT2D eigenvalue weighted by Gasteiger charge is -2.21. The Balaban J connectivity index is 1.92. The molecule has 2 aromatic carbocycles. The standard InChI is InChI=1S/C22H22N4O3/c1-4-26(16-10-6-5-7-11-16)22-23-15(2)14-19(25-22)20(27)24-18-13-9-8-12-17(18)21(28)29-3/h5-14H,4H2,1-3H3,(H,24,27). The highest BCUT2D eigenvalue weighted by atomic mass is 16.5. The summed E-state index contributed by atoms with van der Waals surface area (Å²) < 4.78 is 4.77. The van der Waals surface area contributed by atoms with E-state index >= 15 is 0 Å². The van der Waals surface area contributed by atoms with E-state index in [1.165, 1.54) is 7.11 Å². The number of benzene rings is 2. The van der Waals surface area contributed by atoms with E-state index in [1.807, 2.05) is 49.1 Å². The molecule has 0 unspecified atom stereocenters. The van der Waals surface area contributed by atoms with Gasteiger partial charge in [-0.1, -0.05) is 30.3 Å². The topological polar surface area (TPSA) is 84.4 Å². The van der Waals surface area contributed by atoms with Crippen molar-refractivity contribution in [1.29, 1.82) is 0 Å². The van der Waals surface area contributed by atoms with E-state index < -0.39 is 11.9 Å². The van der Waals surface area contributed by atoms with Gasteiger partial charge in [-0.2, -0.15) is 0 Å². The average Bonchev–Trinajstić information content (AvgIpc) is 2.74. The van der Waals surface area contributed by atoms with Gasteiger partial charge in [-0.3, -0.25) is 4.79 Å². The molecule has 1 aromatic heterocycles. The van der Waals surface area contributed by atoms with Gasteiger partial charge in [0, 0.05) is 17.9 Å². The molecule has 3 rings (SSSR count). The van der Waals surface area contributed by atoms with E-state index in [-0.39, 0.29) is 11.3 Å². The van der Waals surface area contributed by atoms with E-state index in [0.29, 0.717) is 23.9 Å². The summed E-state index contributed by atoms with van der Waals surface area (Å²) in [7, 11) is 1.30. The number of nitrogens with zero attached hydrogens (tertiary/aromatic N) is 3. The molecule has 29 heavy (non-hydrogen) atoms. The summed E-state index contributed by atoms with van der Waals surface area (Å²) in [5.74, 6) is -0.524. The van der Waals surface area contributed by atoms with Crippen molar-refractivity contribution in [2.45, 2.75) is 13.8 Å². The molecule has 1 N–H and O–H groups in total. The highest BCUT2D eigenvalue weighted by Crippen LogP contribution is 2.23. The molecule has 0 radical (unpaired) electrons. The SMILES string of the molecule is CCN(c1ccccc1)c1nc(C)cc(C(=O)Nc2ccccc2C(=O)OC)n1. The van der Waals surface area contributed by atoms with Crippen molar-refractivity contribution < 1.29 is 14.3 Å². The number of nitrogens with one attached hydrogen (secondary N) is 1. The molecular formula is C22H22N4O3. The Morgan fingerprint density at radius 1 is 1.03 bits per heavy atom. The van der Waals surface area contributed by atoms with Crippen LogP contribution in [0.1, 0.15) is 33.5 Å². The molecule has 0 fully saturated rings. The monoisotopic (exact) mass is 390 g/mol. The number of amides is 1. The van der Waals surface area contributed by atoms with Crippen molar-refractivity contribution >= 4 is 29.2 Å². The normalized spacial score (nSPS) is 10.3. The van der Waals surface area contributed by atoms with Crippen LogP contribution in [0, 0.1) is 6.92 Å². The number of anilines is 3. The van der Waals surface area contributed by atoms with E-state index in [9.17, 15) is 9.59 Å². The lowest BCUT2D eigenvalue weighted by molar-refractivity contribution is 0.0602. The number of para-hydroxylation sites is 2. The maximum Gasteiger partial charge on any atom is 0.339 e. The maximum atomic E-state index is 12.9. The predicted octanol–water partition coefficient (Wildman–Crippen LogP) is 3.98. The van der Waals surface area contributed by atoms with Crippen LogP contribution in [-0.2, 0) is 4.74 Å². The number of methoxy groups -OCH3 is 1. The molecule has 0 bridgehead atoms. The van der Waals surface area contributed by atoms with Gasteiger partial charge in [0.15, 0.2) is 0 Å². The Labute approximate surface area is 169 Å². The van der Waals surface area contributed by atoms with Crippen LogP contribution in [-0.4, -0.2) is 35.5 Å². The van der Waals surface area contributed by atoms with Gasteiger partial charge in [0.25, 0.3) is 5.91 Å². The molecule has 0 spiro atoms. The summed E-state index contributed by atoms with van der Waals surface area (Å²) in [4.78, 5) is 35.7. The lowest BCUT2D eigenvalue weighted by atomic mass is 10.1. The second-order valence-electron chi connectivity index (χ2n) is 6.27. The van der Waals surface area contributed by atoms with Crippen LogP contribution in [0.2, 0.25) is 0 Å². The molecule has 148 valence electrons. The van der Waals surface area contributed by atoms with Crippen molar-refractivity contribution in [2.75, 3.05) is 23.9 Å². The van der Waals surface area contributed by atoms with E-state index in [4.69, 9.17) is 4.74 Å². The van der Waals surface area contributed by atoms with Gasteiger partial charge in [-0.25, -0.2) is 14.8 Å². The summed E-state index contributed by atoms with van der Waals surface area (Å²) in [6.07, 6.45) is 0. The molecule has 0 aliphatic heterocycles. The zero-order valence-corrected chi connectivity index (χ0v) is 16.5. The van der Waals surface area contributed by atoms with Crippen LogP contribution < -0.4 is 10.2 Å². The summed E-state index contributed by atoms with van der Waals surface area (Å²) in [5.41, 5.74) is 2.44. The quantitative estimate of drug-likeness (QED) is 0.641. The third-order valence-corrected chi connectivity index (χ3v) is 4.28. The fourth-order valence-electron chi connectivity index (χ4n) is 2.90. The van der Waals surface area contributed by atoms with Crippen molar-refractivity contribution in [3.8, 4) is 0 Å². The summed E-state index contributed by atoms with van der Waals surface area (Å²) in [5, 5.41) is 2.74. The maximum absolute atomic E-state index is 12.9. The molecule has 1 heterocycles. The molecule has 0 aliphatic carbocycles. The third kappa shape index (κ3) is 4.57. The minimum Gasteiger partial charge on any atom is -0.465 e. The molecule has 0 atom stereocenters. The average molecular weight is 390 g/mol. The minimum absolute atomic E-state index is 0.210. The van der Waals surface area contributed by atoms with Gasteiger partial charge in [0.05, 0.1) is 18.4 Å². The number of rotatable bonds is 6.